The van der Waals surface area contributed by atoms with Crippen molar-refractivity contribution in [2.24, 2.45) is 0 Å². The molecule has 30 heavy (non-hydrogen) atoms. The molecule has 158 valence electrons. The van der Waals surface area contributed by atoms with Gasteiger partial charge in [0.2, 0.25) is 5.91 Å². The second kappa shape index (κ2) is 8.97. The van der Waals surface area contributed by atoms with E-state index in [1.54, 1.807) is 0 Å². The summed E-state index contributed by atoms with van der Waals surface area (Å²) in [5, 5.41) is 10.3. The maximum Gasteiger partial charge on any atom is 0.237 e. The van der Waals surface area contributed by atoms with E-state index in [-0.39, 0.29) is 25.4 Å². The number of fused-ring (bicyclic) bond motifs is 1. The van der Waals surface area contributed by atoms with Crippen LogP contribution in [0.15, 0.2) is 36.5 Å². The first-order valence-corrected chi connectivity index (χ1v) is 10.8. The summed E-state index contributed by atoms with van der Waals surface area (Å²) in [5.41, 5.74) is 2.20. The van der Waals surface area contributed by atoms with E-state index in [1.165, 1.54) is 10.6 Å². The highest BCUT2D eigenvalue weighted by atomic mass is 19.1. The summed E-state index contributed by atoms with van der Waals surface area (Å²) >= 11 is 0. The molecule has 0 N–H and O–H groups in total. The molecule has 0 radical (unpaired) electrons. The van der Waals surface area contributed by atoms with Crippen LogP contribution in [0.5, 0.6) is 0 Å². The van der Waals surface area contributed by atoms with E-state index >= 15 is 0 Å². The molecule has 0 bridgehead atoms. The predicted molar refractivity (Wildman–Crippen MR) is 115 cm³/mol. The first-order chi connectivity index (χ1) is 14.6. The molecule has 0 spiro atoms. The Labute approximate surface area is 176 Å². The number of aromatic nitrogens is 1. The van der Waals surface area contributed by atoms with Gasteiger partial charge in [-0.1, -0.05) is 6.07 Å². The Bertz CT molecular complexity index is 937. The van der Waals surface area contributed by atoms with Gasteiger partial charge in [-0.3, -0.25) is 14.7 Å². The minimum Gasteiger partial charge on any atom is -0.369 e. The Morgan fingerprint density at radius 3 is 2.87 bits per heavy atom. The second-order valence-corrected chi connectivity index (χ2v) is 8.20. The number of hydrogen-bond donors (Lipinski definition) is 0. The summed E-state index contributed by atoms with van der Waals surface area (Å²) in [6.07, 6.45) is 2.81. The lowest BCUT2D eigenvalue weighted by atomic mass is 10.0. The fourth-order valence-corrected chi connectivity index (χ4v) is 4.75. The van der Waals surface area contributed by atoms with Gasteiger partial charge >= 0.3 is 0 Å². The van der Waals surface area contributed by atoms with Gasteiger partial charge in [0.25, 0.3) is 0 Å². The number of nitriles is 1. The van der Waals surface area contributed by atoms with Crippen LogP contribution in [0.3, 0.4) is 0 Å². The van der Waals surface area contributed by atoms with E-state index in [0.717, 1.165) is 43.4 Å². The lowest BCUT2D eigenvalue weighted by molar-refractivity contribution is -0.132. The molecule has 6 nitrogen and oxygen atoms in total. The molecule has 0 unspecified atom stereocenters. The number of pyridine rings is 1. The molecule has 1 amide bonds. The highest BCUT2D eigenvalue weighted by Crippen LogP contribution is 2.27. The van der Waals surface area contributed by atoms with Crippen molar-refractivity contribution < 1.29 is 9.18 Å². The number of rotatable bonds is 5. The van der Waals surface area contributed by atoms with Crippen LogP contribution in [-0.4, -0.2) is 71.7 Å². The maximum absolute atomic E-state index is 13.6. The molecular formula is C23H28FN5O. The summed E-state index contributed by atoms with van der Waals surface area (Å²) in [7, 11) is 0. The Morgan fingerprint density at radius 1 is 1.33 bits per heavy atom. The van der Waals surface area contributed by atoms with Crippen LogP contribution >= 0.6 is 0 Å². The number of hydrogen-bond acceptors (Lipinski definition) is 5. The highest BCUT2D eigenvalue weighted by molar-refractivity contribution is 5.82. The Morgan fingerprint density at radius 2 is 2.13 bits per heavy atom. The minimum atomic E-state index is -1.08. The number of piperidine rings is 1. The number of carbonyl (C=O) groups is 1. The zero-order chi connectivity index (χ0) is 21.1. The number of carbonyl (C=O) groups excluding carboxylic acids is 1. The SMILES string of the molecule is CCN(c1ccc2ncccc2c1)C1CCN(CC(=O)N2C[C@@H](F)C[C@H]2C#N)CC1. The van der Waals surface area contributed by atoms with Gasteiger partial charge in [-0.2, -0.15) is 5.26 Å². The average molecular weight is 410 g/mol. The normalized spacial score (nSPS) is 22.9. The first-order valence-electron chi connectivity index (χ1n) is 10.8. The van der Waals surface area contributed by atoms with Gasteiger partial charge in [0, 0.05) is 49.4 Å². The zero-order valence-electron chi connectivity index (χ0n) is 17.4. The number of alkyl halides is 1. The zero-order valence-corrected chi connectivity index (χ0v) is 17.4. The van der Waals surface area contributed by atoms with E-state index in [0.29, 0.717) is 6.04 Å². The number of amides is 1. The summed E-state index contributed by atoms with van der Waals surface area (Å²) in [4.78, 5) is 23.0. The molecule has 2 fully saturated rings. The monoisotopic (exact) mass is 409 g/mol. The van der Waals surface area contributed by atoms with E-state index < -0.39 is 12.2 Å². The van der Waals surface area contributed by atoms with Crippen molar-refractivity contribution in [2.45, 2.75) is 44.4 Å². The molecule has 0 aliphatic carbocycles. The van der Waals surface area contributed by atoms with Gasteiger partial charge in [0.05, 0.1) is 24.7 Å². The van der Waals surface area contributed by atoms with Crippen LogP contribution in [0, 0.1) is 11.3 Å². The largest absolute Gasteiger partial charge is 0.369 e. The van der Waals surface area contributed by atoms with Crippen LogP contribution in [-0.2, 0) is 4.79 Å². The van der Waals surface area contributed by atoms with Crippen LogP contribution in [0.1, 0.15) is 26.2 Å². The van der Waals surface area contributed by atoms with Crippen LogP contribution in [0.25, 0.3) is 10.9 Å². The van der Waals surface area contributed by atoms with Crippen molar-refractivity contribution in [3.63, 3.8) is 0 Å². The number of likely N-dealkylation sites (tertiary alicyclic amines) is 2. The van der Waals surface area contributed by atoms with Crippen LogP contribution in [0.4, 0.5) is 10.1 Å². The second-order valence-electron chi connectivity index (χ2n) is 8.20. The van der Waals surface area contributed by atoms with E-state index in [1.807, 2.05) is 12.3 Å². The summed E-state index contributed by atoms with van der Waals surface area (Å²) < 4.78 is 13.6. The molecule has 4 rings (SSSR count). The quantitative estimate of drug-likeness (QED) is 0.760. The van der Waals surface area contributed by atoms with E-state index in [9.17, 15) is 14.4 Å². The van der Waals surface area contributed by atoms with E-state index in [2.05, 4.69) is 52.0 Å². The topological polar surface area (TPSA) is 63.5 Å². The van der Waals surface area contributed by atoms with Crippen LogP contribution < -0.4 is 4.90 Å². The maximum atomic E-state index is 13.6. The Balaban J connectivity index is 1.36. The van der Waals surface area contributed by atoms with Crippen molar-refractivity contribution in [3.05, 3.63) is 36.5 Å². The van der Waals surface area contributed by atoms with Crippen molar-refractivity contribution in [3.8, 4) is 6.07 Å². The molecule has 2 aliphatic rings. The molecule has 1 aromatic heterocycles. The molecule has 1 aromatic carbocycles. The summed E-state index contributed by atoms with van der Waals surface area (Å²) in [5.74, 6) is -0.130. The molecule has 2 atom stereocenters. The molecule has 2 aliphatic heterocycles. The third kappa shape index (κ3) is 4.24. The lowest BCUT2D eigenvalue weighted by Gasteiger charge is -2.39. The average Bonchev–Trinajstić information content (AvgIpc) is 3.16. The van der Waals surface area contributed by atoms with Gasteiger partial charge in [-0.15, -0.1) is 0 Å². The van der Waals surface area contributed by atoms with Gasteiger partial charge in [-0.05, 0) is 44.0 Å². The van der Waals surface area contributed by atoms with Crippen molar-refractivity contribution in [1.82, 2.24) is 14.8 Å². The first kappa shape index (κ1) is 20.5. The molecular weight excluding hydrogens is 381 g/mol. The van der Waals surface area contributed by atoms with Gasteiger partial charge < -0.3 is 9.80 Å². The highest BCUT2D eigenvalue weighted by Gasteiger charge is 2.36. The number of benzene rings is 1. The summed E-state index contributed by atoms with van der Waals surface area (Å²) in [6, 6.07) is 12.3. The molecule has 2 saturated heterocycles. The van der Waals surface area contributed by atoms with E-state index in [4.69, 9.17) is 0 Å². The number of halogens is 1. The fraction of sp³-hybridized carbons (Fsp3) is 0.522. The fourth-order valence-electron chi connectivity index (χ4n) is 4.75. The third-order valence-electron chi connectivity index (χ3n) is 6.34. The standard InChI is InChI=1S/C23H28FN5O/c1-2-28(20-5-6-22-17(12-20)4-3-9-26-22)19-7-10-27(11-8-19)16-23(30)29-15-18(24)13-21(29)14-25/h3-6,9,12,18-19,21H,2,7-8,10-11,13,15-16H2,1H3/t18-,21-/m0/s1. The Hall–Kier alpha value is -2.72. The van der Waals surface area contributed by atoms with Gasteiger partial charge in [0.1, 0.15) is 12.2 Å². The predicted octanol–water partition coefficient (Wildman–Crippen LogP) is 2.99. The summed E-state index contributed by atoms with van der Waals surface area (Å²) in [6.45, 7) is 5.06. The lowest BCUT2D eigenvalue weighted by Crippen LogP contribution is -2.49. The number of anilines is 1. The molecule has 2 aromatic rings. The molecule has 0 saturated carbocycles. The van der Waals surface area contributed by atoms with Gasteiger partial charge in [0.15, 0.2) is 0 Å². The van der Waals surface area contributed by atoms with Gasteiger partial charge in [-0.25, -0.2) is 4.39 Å². The van der Waals surface area contributed by atoms with Crippen molar-refractivity contribution in [2.75, 3.05) is 37.6 Å². The molecule has 7 heteroatoms. The molecule has 3 heterocycles. The third-order valence-corrected chi connectivity index (χ3v) is 6.34. The Kier molecular flexibility index (Phi) is 6.14. The van der Waals surface area contributed by atoms with Crippen LogP contribution in [0.2, 0.25) is 0 Å². The minimum absolute atomic E-state index is 0.0496. The van der Waals surface area contributed by atoms with Crippen molar-refractivity contribution in [1.29, 1.82) is 5.26 Å². The van der Waals surface area contributed by atoms with Crippen molar-refractivity contribution >= 4 is 22.5 Å². The number of nitrogens with zero attached hydrogens (tertiary/aromatic N) is 5. The smallest absolute Gasteiger partial charge is 0.237 e.